The van der Waals surface area contributed by atoms with Crippen molar-refractivity contribution in [2.45, 2.75) is 6.92 Å². The highest BCUT2D eigenvalue weighted by molar-refractivity contribution is 5.03. The highest BCUT2D eigenvalue weighted by Gasteiger charge is 1.95. The zero-order valence-corrected chi connectivity index (χ0v) is 4.25. The van der Waals surface area contributed by atoms with Crippen molar-refractivity contribution in [3.8, 4) is 0 Å². The van der Waals surface area contributed by atoms with Gasteiger partial charge in [0.15, 0.2) is 5.82 Å². The first-order valence-corrected chi connectivity index (χ1v) is 2.00. The number of aryl methyl sites for hydroxylation is 1. The number of rotatable bonds is 1. The summed E-state index contributed by atoms with van der Waals surface area (Å²) in [5.41, 5.74) is 6.39. The zero-order chi connectivity index (χ0) is 5.98. The Morgan fingerprint density at radius 2 is 2.50 bits per heavy atom. The second-order valence-corrected chi connectivity index (χ2v) is 1.24. The molecule has 8 heavy (non-hydrogen) atoms. The third kappa shape index (κ3) is 0.699. The molecule has 0 fully saturated rings. The van der Waals surface area contributed by atoms with Crippen molar-refractivity contribution in [2.24, 2.45) is 5.11 Å². The molecule has 0 aliphatic rings. The van der Waals surface area contributed by atoms with E-state index in [-0.39, 0.29) is 6.01 Å². The van der Waals surface area contributed by atoms with Gasteiger partial charge in [-0.1, -0.05) is 10.3 Å². The molecular formula is C3H4N4O. The monoisotopic (exact) mass is 112 g/mol. The Balaban J connectivity index is 3.00. The van der Waals surface area contributed by atoms with E-state index in [2.05, 4.69) is 19.8 Å². The van der Waals surface area contributed by atoms with Gasteiger partial charge in [-0.05, 0) is 6.92 Å². The highest BCUT2D eigenvalue weighted by atomic mass is 16.5. The van der Waals surface area contributed by atoms with Crippen LogP contribution in [0.25, 0.3) is 0 Å². The fraction of sp³-hybridized carbons (Fsp3) is 0.333. The van der Waals surface area contributed by atoms with Crippen LogP contribution < -0.4 is 0 Å². The lowest BCUT2D eigenvalue weighted by Gasteiger charge is -1.66. The second kappa shape index (κ2) is 1.69. The van der Waals surface area contributed by atoms with E-state index in [9.17, 15) is 0 Å². The van der Waals surface area contributed by atoms with Crippen molar-refractivity contribution < 1.29 is 4.52 Å². The summed E-state index contributed by atoms with van der Waals surface area (Å²) in [6.07, 6.45) is 0. The average molecular weight is 112 g/mol. The van der Waals surface area contributed by atoms with E-state index in [0.29, 0.717) is 5.82 Å². The van der Waals surface area contributed by atoms with E-state index >= 15 is 0 Å². The lowest BCUT2D eigenvalue weighted by molar-refractivity contribution is 0.419. The van der Waals surface area contributed by atoms with Crippen molar-refractivity contribution in [1.29, 1.82) is 5.53 Å². The summed E-state index contributed by atoms with van der Waals surface area (Å²) in [7, 11) is 0. The van der Waals surface area contributed by atoms with Crippen molar-refractivity contribution in [2.75, 3.05) is 0 Å². The molecule has 5 heteroatoms. The molecule has 0 unspecified atom stereocenters. The Kier molecular flexibility index (Phi) is 1.03. The topological polar surface area (TPSA) is 75.1 Å². The number of aromatic nitrogens is 2. The van der Waals surface area contributed by atoms with Gasteiger partial charge in [-0.3, -0.25) is 0 Å². The van der Waals surface area contributed by atoms with Gasteiger partial charge in [-0.25, -0.2) is 0 Å². The molecule has 1 aromatic rings. The zero-order valence-electron chi connectivity index (χ0n) is 4.25. The number of hydrogen-bond acceptors (Lipinski definition) is 5. The molecule has 0 radical (unpaired) electrons. The summed E-state index contributed by atoms with van der Waals surface area (Å²) < 4.78 is 4.40. The molecule has 0 spiro atoms. The van der Waals surface area contributed by atoms with Gasteiger partial charge in [0.1, 0.15) is 0 Å². The molecular weight excluding hydrogens is 108 g/mol. The number of nitrogens with one attached hydrogen (secondary N) is 1. The summed E-state index contributed by atoms with van der Waals surface area (Å²) in [6, 6.07) is 0.00231. The Bertz CT molecular complexity index is 193. The van der Waals surface area contributed by atoms with Crippen LogP contribution in [0.3, 0.4) is 0 Å². The fourth-order valence-electron chi connectivity index (χ4n) is 0.332. The van der Waals surface area contributed by atoms with E-state index in [1.54, 1.807) is 6.92 Å². The molecule has 0 amide bonds. The van der Waals surface area contributed by atoms with Gasteiger partial charge in [0.2, 0.25) is 0 Å². The molecule has 0 saturated carbocycles. The Morgan fingerprint density at radius 3 is 2.75 bits per heavy atom. The van der Waals surface area contributed by atoms with Crippen LogP contribution in [-0.4, -0.2) is 10.1 Å². The molecule has 0 atom stereocenters. The van der Waals surface area contributed by atoms with Crippen LogP contribution in [0.4, 0.5) is 6.01 Å². The summed E-state index contributed by atoms with van der Waals surface area (Å²) in [4.78, 5) is 3.60. The maximum absolute atomic E-state index is 6.39. The van der Waals surface area contributed by atoms with Crippen molar-refractivity contribution in [3.63, 3.8) is 0 Å². The standard InChI is InChI=1S/C3H4N4O/c1-2-5-3(6-4)8-7-2/h4H,1H3. The van der Waals surface area contributed by atoms with Gasteiger partial charge < -0.3 is 4.52 Å². The second-order valence-electron chi connectivity index (χ2n) is 1.24. The molecule has 0 bridgehead atoms. The van der Waals surface area contributed by atoms with Gasteiger partial charge in [0.05, 0.1) is 0 Å². The molecule has 5 nitrogen and oxygen atoms in total. The Labute approximate surface area is 45.2 Å². The van der Waals surface area contributed by atoms with E-state index in [0.717, 1.165) is 0 Å². The van der Waals surface area contributed by atoms with Crippen LogP contribution >= 0.6 is 0 Å². The largest absolute Gasteiger partial charge is 0.365 e. The lowest BCUT2D eigenvalue weighted by Crippen LogP contribution is -1.67. The summed E-state index contributed by atoms with van der Waals surface area (Å²) in [6.45, 7) is 1.66. The molecule has 1 aromatic heterocycles. The first-order valence-electron chi connectivity index (χ1n) is 2.00. The maximum atomic E-state index is 6.39. The summed E-state index contributed by atoms with van der Waals surface area (Å²) >= 11 is 0. The average Bonchev–Trinajstić information content (AvgIpc) is 2.14. The van der Waals surface area contributed by atoms with Crippen LogP contribution in [0, 0.1) is 12.5 Å². The maximum Gasteiger partial charge on any atom is 0.365 e. The first kappa shape index (κ1) is 4.89. The number of hydrogen-bond donors (Lipinski definition) is 1. The van der Waals surface area contributed by atoms with Crippen molar-refractivity contribution in [3.05, 3.63) is 5.82 Å². The van der Waals surface area contributed by atoms with Crippen LogP contribution in [0.1, 0.15) is 5.82 Å². The third-order valence-electron chi connectivity index (χ3n) is 0.612. The SMILES string of the molecule is Cc1noc(N=N)n1. The van der Waals surface area contributed by atoms with E-state index < -0.39 is 0 Å². The van der Waals surface area contributed by atoms with Gasteiger partial charge >= 0.3 is 6.01 Å². The van der Waals surface area contributed by atoms with Crippen LogP contribution in [0.5, 0.6) is 0 Å². The summed E-state index contributed by atoms with van der Waals surface area (Å²) in [5, 5.41) is 6.29. The highest BCUT2D eigenvalue weighted by Crippen LogP contribution is 2.04. The van der Waals surface area contributed by atoms with E-state index in [4.69, 9.17) is 5.53 Å². The minimum Gasteiger partial charge on any atom is -0.311 e. The molecule has 1 N–H and O–H groups in total. The van der Waals surface area contributed by atoms with Crippen LogP contribution in [0.15, 0.2) is 9.64 Å². The fourth-order valence-corrected chi connectivity index (χ4v) is 0.332. The Hall–Kier alpha value is -1.26. The molecule has 1 rings (SSSR count). The quantitative estimate of drug-likeness (QED) is 0.551. The van der Waals surface area contributed by atoms with Crippen molar-refractivity contribution in [1.82, 2.24) is 10.1 Å². The molecule has 0 aliphatic heterocycles. The normalized spacial score (nSPS) is 9.12. The summed E-state index contributed by atoms with van der Waals surface area (Å²) in [5.74, 6) is 0.496. The van der Waals surface area contributed by atoms with Crippen molar-refractivity contribution >= 4 is 6.01 Å². The molecule has 0 aliphatic carbocycles. The van der Waals surface area contributed by atoms with Gasteiger partial charge in [0, 0.05) is 0 Å². The van der Waals surface area contributed by atoms with Gasteiger partial charge in [-0.15, -0.1) is 0 Å². The molecule has 1 heterocycles. The minimum atomic E-state index is 0.00231. The van der Waals surface area contributed by atoms with E-state index in [1.807, 2.05) is 0 Å². The smallest absolute Gasteiger partial charge is 0.311 e. The Morgan fingerprint density at radius 1 is 1.75 bits per heavy atom. The third-order valence-corrected chi connectivity index (χ3v) is 0.612. The minimum absolute atomic E-state index is 0.00231. The predicted molar refractivity (Wildman–Crippen MR) is 23.8 cm³/mol. The molecule has 0 aromatic carbocycles. The molecule has 0 saturated heterocycles. The van der Waals surface area contributed by atoms with Crippen LogP contribution in [0.2, 0.25) is 0 Å². The number of nitrogens with zero attached hydrogens (tertiary/aromatic N) is 3. The lowest BCUT2D eigenvalue weighted by atomic mass is 10.8. The molecule has 42 valence electrons. The predicted octanol–water partition coefficient (Wildman–Crippen LogP) is 1.04. The van der Waals surface area contributed by atoms with E-state index in [1.165, 1.54) is 0 Å². The first-order chi connectivity index (χ1) is 3.83. The van der Waals surface area contributed by atoms with Crippen LogP contribution in [-0.2, 0) is 0 Å². The van der Waals surface area contributed by atoms with Gasteiger partial charge in [-0.2, -0.15) is 10.5 Å². The van der Waals surface area contributed by atoms with Gasteiger partial charge in [0.25, 0.3) is 0 Å².